The number of aromatic nitrogens is 2. The fraction of sp³-hybridized carbons (Fsp3) is 0.0526. The topological polar surface area (TPSA) is 89.8 Å². The molecule has 0 fully saturated rings. The minimum absolute atomic E-state index is 0.362. The molecule has 1 aliphatic heterocycles. The van der Waals surface area contributed by atoms with E-state index in [1.807, 2.05) is 0 Å². The van der Waals surface area contributed by atoms with Crippen molar-refractivity contribution in [3.8, 4) is 17.3 Å². The molecule has 0 aliphatic carbocycles. The monoisotopic (exact) mass is 328 g/mol. The van der Waals surface area contributed by atoms with Crippen molar-refractivity contribution in [3.05, 3.63) is 70.8 Å². The summed E-state index contributed by atoms with van der Waals surface area (Å²) in [5.41, 5.74) is 3.46. The van der Waals surface area contributed by atoms with Crippen LogP contribution in [0, 0.1) is 18.3 Å². The minimum atomic E-state index is -0.362. The molecule has 0 spiro atoms. The van der Waals surface area contributed by atoms with E-state index in [0.717, 1.165) is 10.5 Å². The van der Waals surface area contributed by atoms with E-state index in [4.69, 9.17) is 5.26 Å². The lowest BCUT2D eigenvalue weighted by molar-refractivity contribution is 0.0925. The Hall–Kier alpha value is -3.72. The Morgan fingerprint density at radius 1 is 1.00 bits per heavy atom. The summed E-state index contributed by atoms with van der Waals surface area (Å²) < 4.78 is 0. The number of fused-ring (bicyclic) bond motifs is 1. The first-order valence-electron chi connectivity index (χ1n) is 7.65. The third-order valence-electron chi connectivity index (χ3n) is 4.29. The van der Waals surface area contributed by atoms with E-state index in [1.165, 1.54) is 0 Å². The van der Waals surface area contributed by atoms with Crippen LogP contribution in [0.25, 0.3) is 11.3 Å². The zero-order chi connectivity index (χ0) is 17.6. The van der Waals surface area contributed by atoms with E-state index < -0.39 is 0 Å². The van der Waals surface area contributed by atoms with Crippen molar-refractivity contribution < 1.29 is 9.59 Å². The van der Waals surface area contributed by atoms with Gasteiger partial charge in [-0.2, -0.15) is 10.4 Å². The van der Waals surface area contributed by atoms with Crippen LogP contribution in [0.5, 0.6) is 0 Å². The van der Waals surface area contributed by atoms with Crippen molar-refractivity contribution >= 4 is 17.6 Å². The van der Waals surface area contributed by atoms with Crippen LogP contribution in [-0.4, -0.2) is 22.0 Å². The number of carbonyl (C=O) groups is 2. The highest BCUT2D eigenvalue weighted by Crippen LogP contribution is 2.33. The summed E-state index contributed by atoms with van der Waals surface area (Å²) in [4.78, 5) is 26.3. The highest BCUT2D eigenvalue weighted by atomic mass is 16.2. The van der Waals surface area contributed by atoms with Crippen molar-refractivity contribution in [2.24, 2.45) is 0 Å². The van der Waals surface area contributed by atoms with Gasteiger partial charge in [0.1, 0.15) is 5.82 Å². The van der Waals surface area contributed by atoms with Gasteiger partial charge in [0, 0.05) is 11.1 Å². The van der Waals surface area contributed by atoms with Gasteiger partial charge in [-0.25, -0.2) is 4.90 Å². The Morgan fingerprint density at radius 3 is 2.16 bits per heavy atom. The van der Waals surface area contributed by atoms with Crippen molar-refractivity contribution in [2.45, 2.75) is 6.92 Å². The minimum Gasteiger partial charge on any atom is -0.268 e. The average Bonchev–Trinajstić information content (AvgIpc) is 3.13. The molecule has 1 N–H and O–H groups in total. The molecule has 0 radical (unpaired) electrons. The molecule has 0 saturated heterocycles. The number of amides is 2. The molecule has 0 unspecified atom stereocenters. The number of nitrogens with one attached hydrogen (secondary N) is 1. The number of carbonyl (C=O) groups excluding carboxylic acids is 2. The van der Waals surface area contributed by atoms with Crippen LogP contribution in [-0.2, 0) is 0 Å². The standard InChI is InChI=1S/C19H12N4O2/c1-11-16(13-8-6-12(10-20)7-9-13)21-22-17(11)23-18(24)14-4-2-3-5-15(14)19(23)25/h2-9H,1H3,(H,21,22). The Balaban J connectivity index is 1.76. The van der Waals surface area contributed by atoms with Crippen LogP contribution >= 0.6 is 0 Å². The molecule has 0 atom stereocenters. The Morgan fingerprint density at radius 2 is 1.60 bits per heavy atom. The maximum Gasteiger partial charge on any atom is 0.267 e. The van der Waals surface area contributed by atoms with Crippen molar-refractivity contribution in [3.63, 3.8) is 0 Å². The smallest absolute Gasteiger partial charge is 0.267 e. The molecule has 2 amide bonds. The number of H-pyrrole nitrogens is 1. The number of nitrogens with zero attached hydrogens (tertiary/aromatic N) is 3. The molecule has 4 rings (SSSR count). The Bertz CT molecular complexity index is 1020. The van der Waals surface area contributed by atoms with E-state index in [9.17, 15) is 9.59 Å². The predicted octanol–water partition coefficient (Wildman–Crippen LogP) is 3.06. The van der Waals surface area contributed by atoms with Gasteiger partial charge in [-0.3, -0.25) is 14.7 Å². The molecule has 1 aromatic heterocycles. The number of nitriles is 1. The second-order valence-electron chi connectivity index (χ2n) is 5.73. The maximum absolute atomic E-state index is 12.6. The first-order valence-corrected chi connectivity index (χ1v) is 7.65. The van der Waals surface area contributed by atoms with Gasteiger partial charge in [-0.15, -0.1) is 0 Å². The van der Waals surface area contributed by atoms with Crippen LogP contribution in [0.4, 0.5) is 5.82 Å². The SMILES string of the molecule is Cc1c(-c2ccc(C#N)cc2)n[nH]c1N1C(=O)c2ccccc2C1=O. The summed E-state index contributed by atoms with van der Waals surface area (Å²) in [5.74, 6) is -0.358. The van der Waals surface area contributed by atoms with Gasteiger partial charge in [0.25, 0.3) is 11.8 Å². The summed E-state index contributed by atoms with van der Waals surface area (Å²) in [6.07, 6.45) is 0. The van der Waals surface area contributed by atoms with Gasteiger partial charge >= 0.3 is 0 Å². The second kappa shape index (κ2) is 5.42. The number of hydrogen-bond donors (Lipinski definition) is 1. The van der Waals surface area contributed by atoms with Crippen LogP contribution in [0.15, 0.2) is 48.5 Å². The quantitative estimate of drug-likeness (QED) is 0.732. The summed E-state index contributed by atoms with van der Waals surface area (Å²) in [5, 5.41) is 16.0. The number of benzene rings is 2. The molecular weight excluding hydrogens is 316 g/mol. The Kier molecular flexibility index (Phi) is 3.22. The fourth-order valence-corrected chi connectivity index (χ4v) is 2.98. The maximum atomic E-state index is 12.6. The molecule has 25 heavy (non-hydrogen) atoms. The van der Waals surface area contributed by atoms with Gasteiger partial charge in [-0.05, 0) is 31.2 Å². The first kappa shape index (κ1) is 14.8. The molecule has 0 saturated carbocycles. The summed E-state index contributed by atoms with van der Waals surface area (Å²) in [6.45, 7) is 1.80. The van der Waals surface area contributed by atoms with E-state index >= 15 is 0 Å². The van der Waals surface area contributed by atoms with Crippen LogP contribution in [0.3, 0.4) is 0 Å². The zero-order valence-electron chi connectivity index (χ0n) is 13.3. The summed E-state index contributed by atoms with van der Waals surface area (Å²) in [7, 11) is 0. The average molecular weight is 328 g/mol. The van der Waals surface area contributed by atoms with Crippen LogP contribution in [0.2, 0.25) is 0 Å². The molecule has 6 heteroatoms. The number of anilines is 1. The van der Waals surface area contributed by atoms with E-state index in [-0.39, 0.29) is 11.8 Å². The highest BCUT2D eigenvalue weighted by molar-refractivity contribution is 6.34. The van der Waals surface area contributed by atoms with Gasteiger partial charge in [0.2, 0.25) is 0 Å². The fourth-order valence-electron chi connectivity index (χ4n) is 2.98. The van der Waals surface area contributed by atoms with Crippen molar-refractivity contribution in [2.75, 3.05) is 4.90 Å². The van der Waals surface area contributed by atoms with Gasteiger partial charge < -0.3 is 0 Å². The first-order chi connectivity index (χ1) is 12.1. The molecular formula is C19H12N4O2. The molecule has 2 heterocycles. The van der Waals surface area contributed by atoms with E-state index in [2.05, 4.69) is 16.3 Å². The van der Waals surface area contributed by atoms with E-state index in [0.29, 0.717) is 33.8 Å². The summed E-state index contributed by atoms with van der Waals surface area (Å²) in [6, 6.07) is 15.8. The third-order valence-corrected chi connectivity index (χ3v) is 4.29. The zero-order valence-corrected chi connectivity index (χ0v) is 13.3. The van der Waals surface area contributed by atoms with Gasteiger partial charge in [0.05, 0.1) is 28.5 Å². The lowest BCUT2D eigenvalue weighted by Gasteiger charge is -2.12. The second-order valence-corrected chi connectivity index (χ2v) is 5.73. The van der Waals surface area contributed by atoms with Gasteiger partial charge in [0.15, 0.2) is 0 Å². The van der Waals surface area contributed by atoms with Crippen LogP contribution in [0.1, 0.15) is 31.8 Å². The number of aromatic amines is 1. The normalized spacial score (nSPS) is 13.0. The third kappa shape index (κ3) is 2.14. The summed E-state index contributed by atoms with van der Waals surface area (Å²) >= 11 is 0. The van der Waals surface area contributed by atoms with Gasteiger partial charge in [-0.1, -0.05) is 24.3 Å². The molecule has 1 aliphatic rings. The lowest BCUT2D eigenvalue weighted by Crippen LogP contribution is -2.30. The lowest BCUT2D eigenvalue weighted by atomic mass is 10.1. The van der Waals surface area contributed by atoms with Crippen LogP contribution < -0.4 is 4.90 Å². The molecule has 3 aromatic rings. The van der Waals surface area contributed by atoms with Crippen molar-refractivity contribution in [1.29, 1.82) is 5.26 Å². The Labute approximate surface area is 143 Å². The van der Waals surface area contributed by atoms with E-state index in [1.54, 1.807) is 55.5 Å². The number of imide groups is 1. The molecule has 6 nitrogen and oxygen atoms in total. The largest absolute Gasteiger partial charge is 0.268 e. The predicted molar refractivity (Wildman–Crippen MR) is 91.1 cm³/mol. The van der Waals surface area contributed by atoms with Crippen molar-refractivity contribution in [1.82, 2.24) is 10.2 Å². The highest BCUT2D eigenvalue weighted by Gasteiger charge is 2.38. The number of rotatable bonds is 2. The molecule has 2 aromatic carbocycles. The number of hydrogen-bond acceptors (Lipinski definition) is 4. The molecule has 0 bridgehead atoms. The molecule has 120 valence electrons.